The number of carbonyl (C=O) groups is 2. The van der Waals surface area contributed by atoms with Gasteiger partial charge in [0, 0.05) is 20.1 Å². The van der Waals surface area contributed by atoms with Crippen LogP contribution in [-0.4, -0.2) is 50.1 Å². The predicted molar refractivity (Wildman–Crippen MR) is 81.3 cm³/mol. The van der Waals surface area contributed by atoms with Gasteiger partial charge in [-0.25, -0.2) is 4.79 Å². The molecule has 0 radical (unpaired) electrons. The minimum absolute atomic E-state index is 0.0190. The fraction of sp³-hybridized carbons (Fsp3) is 0.467. The first-order valence-corrected chi connectivity index (χ1v) is 7.09. The van der Waals surface area contributed by atoms with Crippen molar-refractivity contribution in [2.24, 2.45) is 0 Å². The van der Waals surface area contributed by atoms with Gasteiger partial charge in [-0.1, -0.05) is 6.07 Å². The number of likely N-dealkylation sites (N-methyl/N-ethyl adjacent to an activating group) is 1. The molecule has 0 saturated carbocycles. The van der Waals surface area contributed by atoms with Crippen LogP contribution in [0.15, 0.2) is 18.2 Å². The molecule has 0 aromatic heterocycles. The van der Waals surface area contributed by atoms with Gasteiger partial charge in [0.2, 0.25) is 5.91 Å². The molecule has 0 bridgehead atoms. The largest absolute Gasteiger partial charge is 0.462 e. The molecular formula is C15H21N3O3. The van der Waals surface area contributed by atoms with Crippen LogP contribution in [0.4, 0.5) is 11.4 Å². The van der Waals surface area contributed by atoms with E-state index in [4.69, 9.17) is 10.5 Å². The summed E-state index contributed by atoms with van der Waals surface area (Å²) in [5.74, 6) is -0.393. The van der Waals surface area contributed by atoms with Gasteiger partial charge in [0.05, 0.1) is 30.1 Å². The van der Waals surface area contributed by atoms with Crippen molar-refractivity contribution in [1.29, 1.82) is 0 Å². The minimum Gasteiger partial charge on any atom is -0.462 e. The lowest BCUT2D eigenvalue weighted by Gasteiger charge is -2.25. The number of nitrogens with two attached hydrogens (primary N) is 1. The van der Waals surface area contributed by atoms with Gasteiger partial charge in [-0.3, -0.25) is 4.79 Å². The first-order chi connectivity index (χ1) is 10.0. The minimum atomic E-state index is -0.412. The monoisotopic (exact) mass is 291 g/mol. The van der Waals surface area contributed by atoms with E-state index in [-0.39, 0.29) is 12.5 Å². The Kier molecular flexibility index (Phi) is 4.67. The molecule has 1 saturated heterocycles. The SMILES string of the molecule is CCOC(=O)c1cccc(N)c1N1CCCN(C)C(=O)C1. The van der Waals surface area contributed by atoms with Crippen LogP contribution in [0, 0.1) is 0 Å². The highest BCUT2D eigenvalue weighted by Crippen LogP contribution is 2.29. The van der Waals surface area contributed by atoms with Gasteiger partial charge >= 0.3 is 5.97 Å². The summed E-state index contributed by atoms with van der Waals surface area (Å²) >= 11 is 0. The number of rotatable bonds is 3. The molecule has 6 heteroatoms. The predicted octanol–water partition coefficient (Wildman–Crippen LogP) is 1.11. The molecule has 1 aliphatic rings. The molecule has 1 aromatic carbocycles. The van der Waals surface area contributed by atoms with Crippen LogP contribution < -0.4 is 10.6 Å². The number of hydrogen-bond donors (Lipinski definition) is 1. The van der Waals surface area contributed by atoms with Crippen LogP contribution in [0.25, 0.3) is 0 Å². The lowest BCUT2D eigenvalue weighted by molar-refractivity contribution is -0.127. The fourth-order valence-electron chi connectivity index (χ4n) is 2.47. The van der Waals surface area contributed by atoms with E-state index in [2.05, 4.69) is 0 Å². The Balaban J connectivity index is 2.37. The van der Waals surface area contributed by atoms with Crippen molar-refractivity contribution in [3.05, 3.63) is 23.8 Å². The second kappa shape index (κ2) is 6.47. The number of benzene rings is 1. The van der Waals surface area contributed by atoms with E-state index in [1.54, 1.807) is 37.1 Å². The number of nitrogens with zero attached hydrogens (tertiary/aromatic N) is 2. The molecule has 2 rings (SSSR count). The van der Waals surface area contributed by atoms with E-state index in [0.29, 0.717) is 36.6 Å². The zero-order valence-corrected chi connectivity index (χ0v) is 12.5. The summed E-state index contributed by atoms with van der Waals surface area (Å²) in [5.41, 5.74) is 7.54. The van der Waals surface area contributed by atoms with Crippen LogP contribution in [-0.2, 0) is 9.53 Å². The molecule has 21 heavy (non-hydrogen) atoms. The van der Waals surface area contributed by atoms with Gasteiger partial charge in [-0.15, -0.1) is 0 Å². The first-order valence-electron chi connectivity index (χ1n) is 7.09. The molecule has 1 heterocycles. The maximum absolute atomic E-state index is 12.1. The summed E-state index contributed by atoms with van der Waals surface area (Å²) in [5, 5.41) is 0. The molecule has 2 N–H and O–H groups in total. The summed E-state index contributed by atoms with van der Waals surface area (Å²) < 4.78 is 5.08. The normalized spacial score (nSPS) is 15.8. The van der Waals surface area contributed by atoms with E-state index >= 15 is 0 Å². The Bertz CT molecular complexity index is 545. The van der Waals surface area contributed by atoms with E-state index in [1.165, 1.54) is 0 Å². The summed E-state index contributed by atoms with van der Waals surface area (Å²) in [4.78, 5) is 27.7. The Morgan fingerprint density at radius 3 is 2.86 bits per heavy atom. The van der Waals surface area contributed by atoms with Crippen LogP contribution in [0.3, 0.4) is 0 Å². The highest BCUT2D eigenvalue weighted by atomic mass is 16.5. The Labute approximate surface area is 124 Å². The topological polar surface area (TPSA) is 75.9 Å². The van der Waals surface area contributed by atoms with Crippen molar-refractivity contribution in [3.63, 3.8) is 0 Å². The number of ether oxygens (including phenoxy) is 1. The van der Waals surface area contributed by atoms with Gasteiger partial charge < -0.3 is 20.3 Å². The van der Waals surface area contributed by atoms with Gasteiger partial charge in [-0.2, -0.15) is 0 Å². The molecule has 0 aliphatic carbocycles. The number of esters is 1. The third-order valence-electron chi connectivity index (χ3n) is 3.55. The molecule has 0 unspecified atom stereocenters. The van der Waals surface area contributed by atoms with E-state index in [9.17, 15) is 9.59 Å². The molecule has 1 amide bonds. The number of amides is 1. The van der Waals surface area contributed by atoms with Gasteiger partial charge in [0.1, 0.15) is 0 Å². The Morgan fingerprint density at radius 1 is 1.38 bits per heavy atom. The van der Waals surface area contributed by atoms with Crippen LogP contribution in [0.2, 0.25) is 0 Å². The molecule has 0 atom stereocenters. The lowest BCUT2D eigenvalue weighted by Crippen LogP contribution is -2.35. The second-order valence-corrected chi connectivity index (χ2v) is 5.05. The quantitative estimate of drug-likeness (QED) is 0.667. The van der Waals surface area contributed by atoms with Gasteiger partial charge in [-0.05, 0) is 25.5 Å². The first kappa shape index (κ1) is 15.2. The third-order valence-corrected chi connectivity index (χ3v) is 3.55. The molecule has 1 aliphatic heterocycles. The van der Waals surface area contributed by atoms with Crippen molar-refractivity contribution >= 4 is 23.3 Å². The third kappa shape index (κ3) is 3.26. The number of hydrogen-bond acceptors (Lipinski definition) is 5. The zero-order valence-electron chi connectivity index (χ0n) is 12.5. The summed E-state index contributed by atoms with van der Waals surface area (Å²) in [6.45, 7) is 3.66. The fourth-order valence-corrected chi connectivity index (χ4v) is 2.47. The Hall–Kier alpha value is -2.24. The van der Waals surface area contributed by atoms with Crippen molar-refractivity contribution < 1.29 is 14.3 Å². The number of nitrogen functional groups attached to an aromatic ring is 1. The average molecular weight is 291 g/mol. The second-order valence-electron chi connectivity index (χ2n) is 5.05. The summed E-state index contributed by atoms with van der Waals surface area (Å²) in [7, 11) is 1.78. The lowest BCUT2D eigenvalue weighted by atomic mass is 10.1. The summed E-state index contributed by atoms with van der Waals surface area (Å²) in [6, 6.07) is 5.14. The summed E-state index contributed by atoms with van der Waals surface area (Å²) in [6.07, 6.45) is 0.832. The van der Waals surface area contributed by atoms with Gasteiger partial charge in [0.25, 0.3) is 0 Å². The standard InChI is InChI=1S/C15H21N3O3/c1-3-21-15(20)11-6-4-7-12(16)14(11)18-9-5-8-17(2)13(19)10-18/h4,6-7H,3,5,8-10,16H2,1-2H3. The zero-order chi connectivity index (χ0) is 15.4. The number of carbonyl (C=O) groups excluding carboxylic acids is 2. The maximum atomic E-state index is 12.1. The highest BCUT2D eigenvalue weighted by molar-refractivity contribution is 6.00. The molecule has 1 aromatic rings. The molecule has 1 fully saturated rings. The number of anilines is 2. The van der Waals surface area contributed by atoms with E-state index < -0.39 is 5.97 Å². The van der Waals surface area contributed by atoms with Crippen LogP contribution in [0.1, 0.15) is 23.7 Å². The van der Waals surface area contributed by atoms with Crippen molar-refractivity contribution in [1.82, 2.24) is 4.90 Å². The Morgan fingerprint density at radius 2 is 2.14 bits per heavy atom. The highest BCUT2D eigenvalue weighted by Gasteiger charge is 2.25. The van der Waals surface area contributed by atoms with Crippen LogP contribution >= 0.6 is 0 Å². The van der Waals surface area contributed by atoms with Crippen molar-refractivity contribution in [2.45, 2.75) is 13.3 Å². The molecule has 6 nitrogen and oxygen atoms in total. The van der Waals surface area contributed by atoms with Gasteiger partial charge in [0.15, 0.2) is 0 Å². The van der Waals surface area contributed by atoms with Crippen LogP contribution in [0.5, 0.6) is 0 Å². The smallest absolute Gasteiger partial charge is 0.340 e. The average Bonchev–Trinajstić information content (AvgIpc) is 2.61. The number of para-hydroxylation sites is 1. The van der Waals surface area contributed by atoms with E-state index in [0.717, 1.165) is 6.42 Å². The van der Waals surface area contributed by atoms with E-state index in [1.807, 2.05) is 4.90 Å². The molecule has 114 valence electrons. The van der Waals surface area contributed by atoms with Crippen molar-refractivity contribution in [3.8, 4) is 0 Å². The molecular weight excluding hydrogens is 270 g/mol. The maximum Gasteiger partial charge on any atom is 0.340 e. The van der Waals surface area contributed by atoms with Crippen molar-refractivity contribution in [2.75, 3.05) is 43.9 Å². The molecule has 0 spiro atoms.